The van der Waals surface area contributed by atoms with Crippen molar-refractivity contribution in [2.75, 3.05) is 6.61 Å². The lowest BCUT2D eigenvalue weighted by atomic mass is 9.86. The second-order valence-electron chi connectivity index (χ2n) is 10.0. The van der Waals surface area contributed by atoms with E-state index in [4.69, 9.17) is 14.5 Å². The van der Waals surface area contributed by atoms with E-state index in [1.807, 2.05) is 19.9 Å². The van der Waals surface area contributed by atoms with E-state index in [0.717, 1.165) is 35.8 Å². The van der Waals surface area contributed by atoms with Gasteiger partial charge in [-0.05, 0) is 69.7 Å². The Morgan fingerprint density at radius 1 is 1.22 bits per heavy atom. The first-order valence-electron chi connectivity index (χ1n) is 12.6. The zero-order chi connectivity index (χ0) is 25.8. The van der Waals surface area contributed by atoms with Crippen LogP contribution in [-0.2, 0) is 39.4 Å². The minimum absolute atomic E-state index is 0.0773. The van der Waals surface area contributed by atoms with E-state index < -0.39 is 11.6 Å². The van der Waals surface area contributed by atoms with Crippen LogP contribution in [0.1, 0.15) is 67.9 Å². The second-order valence-corrected chi connectivity index (χ2v) is 10.0. The number of benzene rings is 1. The number of ether oxygens (including phenoxy) is 2. The molecule has 0 amide bonds. The second kappa shape index (κ2) is 9.09. The number of hydrogen-bond donors (Lipinski definition) is 1. The molecule has 7 nitrogen and oxygen atoms in total. The van der Waals surface area contributed by atoms with Crippen molar-refractivity contribution in [1.29, 1.82) is 0 Å². The molecule has 0 spiro atoms. The van der Waals surface area contributed by atoms with Gasteiger partial charge < -0.3 is 19.1 Å². The number of hydrogen-bond acceptors (Lipinski definition) is 6. The van der Waals surface area contributed by atoms with Crippen molar-refractivity contribution in [3.8, 4) is 11.4 Å². The standard InChI is InChI=1S/C28H31FN2O5/c1-5-28(34)21-11-24-25-19(13-31(24)26(32)20(21)14-36-27(28)33)17(8-6-7-9-35-15(2)3)18-10-16(4)22(29)12-23(18)30-25/h10-12,15,34H,5-9,13-14H2,1-4H3/t28-/m0/s1. The highest BCUT2D eigenvalue weighted by molar-refractivity contribution is 5.89. The topological polar surface area (TPSA) is 90.7 Å². The molecule has 0 aliphatic carbocycles. The number of unbranched alkanes of at least 4 members (excludes halogenated alkanes) is 1. The van der Waals surface area contributed by atoms with Crippen molar-refractivity contribution in [1.82, 2.24) is 9.55 Å². The summed E-state index contributed by atoms with van der Waals surface area (Å²) in [6, 6.07) is 4.96. The lowest BCUT2D eigenvalue weighted by Crippen LogP contribution is -2.44. The molecule has 2 aliphatic rings. The van der Waals surface area contributed by atoms with Crippen LogP contribution in [0.5, 0.6) is 0 Å². The summed E-state index contributed by atoms with van der Waals surface area (Å²) in [5.41, 5.74) is 2.52. The van der Waals surface area contributed by atoms with E-state index in [1.54, 1.807) is 24.5 Å². The number of pyridine rings is 2. The van der Waals surface area contributed by atoms with E-state index in [2.05, 4.69) is 0 Å². The summed E-state index contributed by atoms with van der Waals surface area (Å²) >= 11 is 0. The van der Waals surface area contributed by atoms with Gasteiger partial charge in [0.25, 0.3) is 5.56 Å². The van der Waals surface area contributed by atoms with Crippen molar-refractivity contribution >= 4 is 16.9 Å². The Labute approximate surface area is 208 Å². The van der Waals surface area contributed by atoms with Gasteiger partial charge in [0.2, 0.25) is 0 Å². The number of halogens is 1. The van der Waals surface area contributed by atoms with Gasteiger partial charge in [0.15, 0.2) is 5.60 Å². The molecule has 2 aromatic heterocycles. The molecule has 36 heavy (non-hydrogen) atoms. The fraction of sp³-hybridized carbons (Fsp3) is 0.464. The molecule has 3 aromatic rings. The number of fused-ring (bicyclic) bond motifs is 5. The average molecular weight is 495 g/mol. The molecule has 4 heterocycles. The molecule has 0 unspecified atom stereocenters. The van der Waals surface area contributed by atoms with Crippen molar-refractivity contribution in [3.63, 3.8) is 0 Å². The molecule has 0 saturated carbocycles. The summed E-state index contributed by atoms with van der Waals surface area (Å²) in [4.78, 5) is 30.7. The minimum atomic E-state index is -1.88. The van der Waals surface area contributed by atoms with Crippen molar-refractivity contribution in [2.24, 2.45) is 0 Å². The highest BCUT2D eigenvalue weighted by Crippen LogP contribution is 2.40. The summed E-state index contributed by atoms with van der Waals surface area (Å²) in [5, 5.41) is 12.0. The molecule has 1 atom stereocenters. The number of rotatable bonds is 7. The van der Waals surface area contributed by atoms with E-state index in [-0.39, 0.29) is 41.6 Å². The van der Waals surface area contributed by atoms with Crippen molar-refractivity contribution < 1.29 is 23.8 Å². The molecular formula is C28H31FN2O5. The Morgan fingerprint density at radius 3 is 2.72 bits per heavy atom. The molecule has 0 bridgehead atoms. The smallest absolute Gasteiger partial charge is 0.343 e. The zero-order valence-electron chi connectivity index (χ0n) is 21.1. The van der Waals surface area contributed by atoms with Gasteiger partial charge in [-0.15, -0.1) is 0 Å². The maximum Gasteiger partial charge on any atom is 0.343 e. The minimum Gasteiger partial charge on any atom is -0.458 e. The van der Waals surface area contributed by atoms with Crippen molar-refractivity contribution in [3.05, 3.63) is 62.2 Å². The first-order chi connectivity index (χ1) is 17.2. The maximum absolute atomic E-state index is 14.5. The molecule has 2 aliphatic heterocycles. The normalized spacial score (nSPS) is 18.4. The van der Waals surface area contributed by atoms with E-state index in [9.17, 15) is 19.1 Å². The third-order valence-corrected chi connectivity index (χ3v) is 7.36. The van der Waals surface area contributed by atoms with Gasteiger partial charge in [-0.2, -0.15) is 0 Å². The Balaban J connectivity index is 1.66. The third kappa shape index (κ3) is 3.83. The molecule has 0 fully saturated rings. The fourth-order valence-corrected chi connectivity index (χ4v) is 5.30. The summed E-state index contributed by atoms with van der Waals surface area (Å²) in [7, 11) is 0. The van der Waals surface area contributed by atoms with Gasteiger partial charge >= 0.3 is 5.97 Å². The van der Waals surface area contributed by atoms with Crippen LogP contribution in [0.3, 0.4) is 0 Å². The maximum atomic E-state index is 14.5. The number of cyclic esters (lactones) is 1. The van der Waals surface area contributed by atoms with Gasteiger partial charge in [0, 0.05) is 29.2 Å². The van der Waals surface area contributed by atoms with Gasteiger partial charge in [0.1, 0.15) is 12.4 Å². The Bertz CT molecular complexity index is 1440. The van der Waals surface area contributed by atoms with Crippen LogP contribution in [0.15, 0.2) is 23.0 Å². The molecule has 0 saturated heterocycles. The highest BCUT2D eigenvalue weighted by atomic mass is 19.1. The third-order valence-electron chi connectivity index (χ3n) is 7.36. The van der Waals surface area contributed by atoms with Crippen LogP contribution in [-0.4, -0.2) is 33.3 Å². The number of carbonyl (C=O) groups is 1. The van der Waals surface area contributed by atoms with E-state index in [1.165, 1.54) is 6.07 Å². The predicted molar refractivity (Wildman–Crippen MR) is 133 cm³/mol. The number of nitrogens with zero attached hydrogens (tertiary/aromatic N) is 2. The molecule has 8 heteroatoms. The highest BCUT2D eigenvalue weighted by Gasteiger charge is 2.45. The Kier molecular flexibility index (Phi) is 6.21. The van der Waals surface area contributed by atoms with Gasteiger partial charge in [-0.25, -0.2) is 14.2 Å². The average Bonchev–Trinajstić information content (AvgIpc) is 3.20. The fourth-order valence-electron chi connectivity index (χ4n) is 5.30. The molecular weight excluding hydrogens is 463 g/mol. The van der Waals surface area contributed by atoms with Crippen LogP contribution in [0, 0.1) is 12.7 Å². The first kappa shape index (κ1) is 24.6. The van der Waals surface area contributed by atoms with Gasteiger partial charge in [0.05, 0.1) is 35.1 Å². The largest absolute Gasteiger partial charge is 0.458 e. The van der Waals surface area contributed by atoms with Crippen LogP contribution >= 0.6 is 0 Å². The molecule has 1 N–H and O–H groups in total. The lowest BCUT2D eigenvalue weighted by molar-refractivity contribution is -0.172. The molecule has 0 radical (unpaired) electrons. The Hall–Kier alpha value is -3.10. The summed E-state index contributed by atoms with van der Waals surface area (Å²) < 4.78 is 27.0. The van der Waals surface area contributed by atoms with Crippen LogP contribution < -0.4 is 5.56 Å². The van der Waals surface area contributed by atoms with E-state index >= 15 is 0 Å². The summed E-state index contributed by atoms with van der Waals surface area (Å²) in [6.07, 6.45) is 2.73. The van der Waals surface area contributed by atoms with Crippen LogP contribution in [0.4, 0.5) is 4.39 Å². The SMILES string of the molecule is CC[C@@]1(O)C(=O)OCc2c1cc1n(c2=O)Cc2c-1nc1cc(F)c(C)cc1c2CCCCOC(C)C. The molecule has 5 rings (SSSR count). The predicted octanol–water partition coefficient (Wildman–Crippen LogP) is 4.27. The molecule has 1 aromatic carbocycles. The number of esters is 1. The Morgan fingerprint density at radius 2 is 2.00 bits per heavy atom. The quantitative estimate of drug-likeness (QED) is 0.305. The number of aryl methyl sites for hydroxylation is 2. The number of aromatic nitrogens is 2. The number of aliphatic hydroxyl groups is 1. The number of carbonyl (C=O) groups excluding carboxylic acids is 1. The van der Waals surface area contributed by atoms with E-state index in [0.29, 0.717) is 35.6 Å². The van der Waals surface area contributed by atoms with Crippen molar-refractivity contribution in [2.45, 2.75) is 78.2 Å². The monoisotopic (exact) mass is 494 g/mol. The van der Waals surface area contributed by atoms with Gasteiger partial charge in [-0.3, -0.25) is 4.79 Å². The van der Waals surface area contributed by atoms with Gasteiger partial charge in [-0.1, -0.05) is 6.92 Å². The summed E-state index contributed by atoms with van der Waals surface area (Å²) in [6.45, 7) is 8.24. The zero-order valence-corrected chi connectivity index (χ0v) is 21.1. The lowest BCUT2D eigenvalue weighted by Gasteiger charge is -2.31. The summed E-state index contributed by atoms with van der Waals surface area (Å²) in [5.74, 6) is -1.09. The van der Waals surface area contributed by atoms with Crippen LogP contribution in [0.25, 0.3) is 22.3 Å². The first-order valence-corrected chi connectivity index (χ1v) is 12.6. The molecule has 190 valence electrons. The van der Waals surface area contributed by atoms with Crippen LogP contribution in [0.2, 0.25) is 0 Å².